The van der Waals surface area contributed by atoms with Crippen LogP contribution in [0.4, 0.5) is 10.1 Å². The number of imidazole rings is 1. The number of likely N-dealkylation sites (tertiary alicyclic amines) is 1. The molecule has 3 aromatic carbocycles. The molecule has 1 aliphatic rings. The Balaban J connectivity index is 1.33. The van der Waals surface area contributed by atoms with Gasteiger partial charge in [-0.25, -0.2) is 9.37 Å². The molecule has 0 bridgehead atoms. The summed E-state index contributed by atoms with van der Waals surface area (Å²) in [6.07, 6.45) is 1.70. The van der Waals surface area contributed by atoms with Crippen molar-refractivity contribution < 1.29 is 13.9 Å². The van der Waals surface area contributed by atoms with E-state index >= 15 is 0 Å². The molecule has 0 radical (unpaired) electrons. The van der Waals surface area contributed by atoms with Gasteiger partial charge in [-0.1, -0.05) is 36.4 Å². The van der Waals surface area contributed by atoms with Crippen molar-refractivity contribution in [3.05, 3.63) is 90.0 Å². The normalized spacial score (nSPS) is 16.3. The lowest BCUT2D eigenvalue weighted by molar-refractivity contribution is -0.121. The van der Waals surface area contributed by atoms with Crippen LogP contribution in [-0.4, -0.2) is 40.6 Å². The smallest absolute Gasteiger partial charge is 0.228 e. The number of methoxy groups -OCH3 is 1. The molecule has 1 saturated heterocycles. The number of ether oxygens (including phenoxy) is 1. The second-order valence-electron chi connectivity index (χ2n) is 8.99. The lowest BCUT2D eigenvalue weighted by Gasteiger charge is -2.31. The fraction of sp³-hybridized carbons (Fsp3) is 0.286. The van der Waals surface area contributed by atoms with Crippen LogP contribution in [0.1, 0.15) is 24.2 Å². The summed E-state index contributed by atoms with van der Waals surface area (Å²) < 4.78 is 21.5. The molecule has 1 N–H and O–H groups in total. The van der Waals surface area contributed by atoms with E-state index < -0.39 is 5.82 Å². The van der Waals surface area contributed by atoms with Crippen molar-refractivity contribution in [2.24, 2.45) is 5.92 Å². The van der Waals surface area contributed by atoms with Crippen LogP contribution in [0.15, 0.2) is 72.8 Å². The molecule has 0 saturated carbocycles. The second-order valence-corrected chi connectivity index (χ2v) is 8.99. The fourth-order valence-corrected chi connectivity index (χ4v) is 4.75. The number of para-hydroxylation sites is 3. The highest BCUT2D eigenvalue weighted by molar-refractivity contribution is 5.92. The molecule has 7 heteroatoms. The molecule has 0 unspecified atom stereocenters. The SMILES string of the molecule is COc1ccc(Cn2c(CN3CCC[C@H](C(=O)Nc4ccccc4F)C3)nc3ccccc32)cc1. The Hall–Kier alpha value is -3.71. The van der Waals surface area contributed by atoms with Gasteiger partial charge in [0.25, 0.3) is 0 Å². The number of benzene rings is 3. The molecule has 2 heterocycles. The van der Waals surface area contributed by atoms with Crippen molar-refractivity contribution in [2.45, 2.75) is 25.9 Å². The van der Waals surface area contributed by atoms with Crippen molar-refractivity contribution >= 4 is 22.6 Å². The van der Waals surface area contributed by atoms with Gasteiger partial charge in [0.2, 0.25) is 5.91 Å². The highest BCUT2D eigenvalue weighted by atomic mass is 19.1. The average molecular weight is 473 g/mol. The van der Waals surface area contributed by atoms with Gasteiger partial charge in [0.05, 0.1) is 36.3 Å². The van der Waals surface area contributed by atoms with Gasteiger partial charge in [0, 0.05) is 13.1 Å². The maximum absolute atomic E-state index is 14.0. The Bertz CT molecular complexity index is 1320. The van der Waals surface area contributed by atoms with Gasteiger partial charge in [-0.3, -0.25) is 9.69 Å². The molecule has 1 atom stereocenters. The molecular formula is C28H29FN4O2. The first kappa shape index (κ1) is 23.1. The van der Waals surface area contributed by atoms with E-state index in [1.54, 1.807) is 25.3 Å². The first-order valence-electron chi connectivity index (χ1n) is 12.0. The Morgan fingerprint density at radius 2 is 1.83 bits per heavy atom. The van der Waals surface area contributed by atoms with Crippen molar-refractivity contribution in [2.75, 3.05) is 25.5 Å². The summed E-state index contributed by atoms with van der Waals surface area (Å²) in [4.78, 5) is 20.1. The van der Waals surface area contributed by atoms with Crippen LogP contribution < -0.4 is 10.1 Å². The van der Waals surface area contributed by atoms with Crippen LogP contribution in [0.2, 0.25) is 0 Å². The van der Waals surface area contributed by atoms with Crippen LogP contribution in [0.3, 0.4) is 0 Å². The van der Waals surface area contributed by atoms with E-state index in [0.717, 1.165) is 47.6 Å². The quantitative estimate of drug-likeness (QED) is 0.407. The third-order valence-electron chi connectivity index (χ3n) is 6.61. The Kier molecular flexibility index (Phi) is 6.77. The van der Waals surface area contributed by atoms with Crippen LogP contribution in [0.5, 0.6) is 5.75 Å². The molecule has 4 aromatic rings. The number of rotatable bonds is 7. The first-order chi connectivity index (χ1) is 17.1. The zero-order chi connectivity index (χ0) is 24.2. The van der Waals surface area contributed by atoms with Gasteiger partial charge < -0.3 is 14.6 Å². The second kappa shape index (κ2) is 10.3. The van der Waals surface area contributed by atoms with E-state index in [0.29, 0.717) is 19.6 Å². The first-order valence-corrected chi connectivity index (χ1v) is 12.0. The number of nitrogens with one attached hydrogen (secondary N) is 1. The third-order valence-corrected chi connectivity index (χ3v) is 6.61. The minimum atomic E-state index is -0.416. The summed E-state index contributed by atoms with van der Waals surface area (Å²) in [6.45, 7) is 2.86. The van der Waals surface area contributed by atoms with Gasteiger partial charge in [0.1, 0.15) is 17.4 Å². The van der Waals surface area contributed by atoms with Crippen molar-refractivity contribution in [3.63, 3.8) is 0 Å². The summed E-state index contributed by atoms with van der Waals surface area (Å²) in [5, 5.41) is 2.77. The van der Waals surface area contributed by atoms with E-state index in [1.165, 1.54) is 6.07 Å². The fourth-order valence-electron chi connectivity index (χ4n) is 4.75. The van der Waals surface area contributed by atoms with Crippen molar-refractivity contribution in [3.8, 4) is 5.75 Å². The molecule has 1 aromatic heterocycles. The lowest BCUT2D eigenvalue weighted by atomic mass is 9.97. The van der Waals surface area contributed by atoms with Gasteiger partial charge >= 0.3 is 0 Å². The number of anilines is 1. The van der Waals surface area contributed by atoms with E-state index in [4.69, 9.17) is 9.72 Å². The highest BCUT2D eigenvalue weighted by Gasteiger charge is 2.27. The number of fused-ring (bicyclic) bond motifs is 1. The Morgan fingerprint density at radius 1 is 1.06 bits per heavy atom. The minimum absolute atomic E-state index is 0.133. The highest BCUT2D eigenvalue weighted by Crippen LogP contribution is 2.24. The molecule has 0 spiro atoms. The van der Waals surface area contributed by atoms with Crippen LogP contribution in [0.25, 0.3) is 11.0 Å². The van der Waals surface area contributed by atoms with Crippen molar-refractivity contribution in [1.29, 1.82) is 0 Å². The molecule has 0 aliphatic carbocycles. The molecular weight excluding hydrogens is 443 g/mol. The zero-order valence-corrected chi connectivity index (χ0v) is 19.8. The van der Waals surface area contributed by atoms with E-state index in [-0.39, 0.29) is 17.5 Å². The standard InChI is InChI=1S/C28H29FN4O2/c1-35-22-14-12-20(13-15-22)17-33-26-11-5-4-10-25(26)30-27(33)19-32-16-6-7-21(18-32)28(34)31-24-9-3-2-8-23(24)29/h2-5,8-15,21H,6-7,16-19H2,1H3,(H,31,34)/t21-/m0/s1. The predicted octanol–water partition coefficient (Wildman–Crippen LogP) is 5.08. The number of hydrogen-bond acceptors (Lipinski definition) is 4. The Morgan fingerprint density at radius 3 is 2.63 bits per heavy atom. The number of amides is 1. The number of aromatic nitrogens is 2. The van der Waals surface area contributed by atoms with Gasteiger partial charge in [-0.2, -0.15) is 0 Å². The number of carbonyl (C=O) groups excluding carboxylic acids is 1. The zero-order valence-electron chi connectivity index (χ0n) is 19.8. The molecule has 1 fully saturated rings. The maximum atomic E-state index is 14.0. The number of piperidine rings is 1. The third kappa shape index (κ3) is 5.20. The predicted molar refractivity (Wildman–Crippen MR) is 135 cm³/mol. The number of halogens is 1. The lowest BCUT2D eigenvalue weighted by Crippen LogP contribution is -2.40. The van der Waals surface area contributed by atoms with Crippen LogP contribution in [0, 0.1) is 11.7 Å². The Labute approximate surface area is 204 Å². The molecule has 6 nitrogen and oxygen atoms in total. The summed E-state index contributed by atoms with van der Waals surface area (Å²) in [7, 11) is 1.67. The number of carbonyl (C=O) groups is 1. The summed E-state index contributed by atoms with van der Waals surface area (Å²) in [6, 6.07) is 22.5. The van der Waals surface area contributed by atoms with Crippen LogP contribution in [-0.2, 0) is 17.9 Å². The average Bonchev–Trinajstić information content (AvgIpc) is 3.22. The molecule has 180 valence electrons. The van der Waals surface area contributed by atoms with Gasteiger partial charge in [-0.15, -0.1) is 0 Å². The van der Waals surface area contributed by atoms with Gasteiger partial charge in [0.15, 0.2) is 0 Å². The van der Waals surface area contributed by atoms with E-state index in [1.807, 2.05) is 30.3 Å². The maximum Gasteiger partial charge on any atom is 0.228 e. The topological polar surface area (TPSA) is 59.4 Å². The molecule has 1 aliphatic heterocycles. The molecule has 5 rings (SSSR count). The summed E-state index contributed by atoms with van der Waals surface area (Å²) >= 11 is 0. The minimum Gasteiger partial charge on any atom is -0.497 e. The van der Waals surface area contributed by atoms with E-state index in [2.05, 4.69) is 33.0 Å². The van der Waals surface area contributed by atoms with Crippen LogP contribution >= 0.6 is 0 Å². The molecule has 35 heavy (non-hydrogen) atoms. The number of nitrogens with zero attached hydrogens (tertiary/aromatic N) is 3. The monoisotopic (exact) mass is 472 g/mol. The van der Waals surface area contributed by atoms with Crippen molar-refractivity contribution in [1.82, 2.24) is 14.5 Å². The van der Waals surface area contributed by atoms with Gasteiger partial charge in [-0.05, 0) is 61.3 Å². The van der Waals surface area contributed by atoms with E-state index in [9.17, 15) is 9.18 Å². The summed E-state index contributed by atoms with van der Waals surface area (Å²) in [5.41, 5.74) is 3.44. The largest absolute Gasteiger partial charge is 0.497 e. The summed E-state index contributed by atoms with van der Waals surface area (Å²) in [5.74, 6) is 1.06. The number of hydrogen-bond donors (Lipinski definition) is 1. The molecule has 1 amide bonds.